The van der Waals surface area contributed by atoms with Gasteiger partial charge in [0.2, 0.25) is 0 Å². The maximum atomic E-state index is 13.8. The first kappa shape index (κ1) is 14.6. The number of hydrogen-bond donors (Lipinski definition) is 1. The van der Waals surface area contributed by atoms with Gasteiger partial charge in [0.05, 0.1) is 7.11 Å². The molecule has 1 atom stereocenters. The number of hydrogen-bond acceptors (Lipinski definition) is 3. The molecular weight excluding hydrogens is 240 g/mol. The van der Waals surface area contributed by atoms with Gasteiger partial charge in [0, 0.05) is 11.6 Å². The van der Waals surface area contributed by atoms with E-state index in [1.54, 1.807) is 13.8 Å². The Hall–Kier alpha value is -1.49. The van der Waals surface area contributed by atoms with Crippen LogP contribution in [0.1, 0.15) is 26.3 Å². The molecule has 0 aliphatic rings. The average molecular weight is 257 g/mol. The number of esters is 1. The molecule has 0 saturated heterocycles. The molecule has 1 unspecified atom stereocenters. The maximum absolute atomic E-state index is 13.8. The highest BCUT2D eigenvalue weighted by Gasteiger charge is 2.39. The van der Waals surface area contributed by atoms with Crippen LogP contribution >= 0.6 is 0 Å². The third kappa shape index (κ3) is 2.67. The number of ether oxygens (including phenoxy) is 1. The van der Waals surface area contributed by atoms with Gasteiger partial charge in [-0.15, -0.1) is 0 Å². The van der Waals surface area contributed by atoms with Crippen molar-refractivity contribution in [1.29, 1.82) is 0 Å². The quantitative estimate of drug-likeness (QED) is 0.841. The molecule has 0 amide bonds. The molecule has 0 fully saturated rings. The minimum absolute atomic E-state index is 0.0666. The highest BCUT2D eigenvalue weighted by molar-refractivity contribution is 5.82. The first-order chi connectivity index (χ1) is 8.32. The molecule has 0 aromatic heterocycles. The first-order valence-electron chi connectivity index (χ1n) is 5.63. The molecule has 1 aromatic rings. The molecule has 100 valence electrons. The van der Waals surface area contributed by atoms with E-state index in [-0.39, 0.29) is 11.6 Å². The Balaban J connectivity index is 3.34. The van der Waals surface area contributed by atoms with Crippen LogP contribution in [-0.2, 0) is 15.1 Å². The summed E-state index contributed by atoms with van der Waals surface area (Å²) in [7, 11) is 1.21. The summed E-state index contributed by atoms with van der Waals surface area (Å²) in [6.45, 7) is 5.08. The van der Waals surface area contributed by atoms with E-state index in [4.69, 9.17) is 0 Å². The monoisotopic (exact) mass is 257 g/mol. The van der Waals surface area contributed by atoms with Crippen LogP contribution in [0.15, 0.2) is 18.2 Å². The third-order valence-electron chi connectivity index (χ3n) is 2.66. The fourth-order valence-electron chi connectivity index (χ4n) is 1.92. The van der Waals surface area contributed by atoms with E-state index in [0.717, 1.165) is 6.07 Å². The summed E-state index contributed by atoms with van der Waals surface area (Å²) < 4.78 is 31.8. The zero-order chi connectivity index (χ0) is 13.9. The van der Waals surface area contributed by atoms with Gasteiger partial charge >= 0.3 is 5.97 Å². The molecule has 0 saturated carbocycles. The van der Waals surface area contributed by atoms with E-state index in [0.29, 0.717) is 0 Å². The van der Waals surface area contributed by atoms with Gasteiger partial charge in [-0.3, -0.25) is 5.32 Å². The normalized spacial score (nSPS) is 14.4. The number of carbonyl (C=O) groups is 1. The Labute approximate surface area is 105 Å². The van der Waals surface area contributed by atoms with Crippen molar-refractivity contribution in [2.45, 2.75) is 32.4 Å². The fraction of sp³-hybridized carbons (Fsp3) is 0.462. The summed E-state index contributed by atoms with van der Waals surface area (Å²) in [5.74, 6) is -2.70. The van der Waals surface area contributed by atoms with Crippen LogP contribution in [0.3, 0.4) is 0 Å². The average Bonchev–Trinajstić information content (AvgIpc) is 2.30. The predicted octanol–water partition coefficient (Wildman–Crippen LogP) is 2.35. The predicted molar refractivity (Wildman–Crippen MR) is 64.0 cm³/mol. The van der Waals surface area contributed by atoms with Gasteiger partial charge in [0.25, 0.3) is 0 Å². The van der Waals surface area contributed by atoms with Gasteiger partial charge in [0.1, 0.15) is 5.54 Å². The van der Waals surface area contributed by atoms with Crippen LogP contribution in [0.4, 0.5) is 8.78 Å². The molecule has 1 aromatic carbocycles. The van der Waals surface area contributed by atoms with Gasteiger partial charge in [0.15, 0.2) is 11.6 Å². The lowest BCUT2D eigenvalue weighted by Crippen LogP contribution is -2.51. The first-order valence-corrected chi connectivity index (χ1v) is 5.63. The number of halogens is 2. The Morgan fingerprint density at radius 1 is 1.39 bits per heavy atom. The molecule has 0 heterocycles. The molecule has 0 spiro atoms. The van der Waals surface area contributed by atoms with Gasteiger partial charge in [-0.25, -0.2) is 13.6 Å². The summed E-state index contributed by atoms with van der Waals surface area (Å²) in [6, 6.07) is 3.63. The molecule has 5 heteroatoms. The number of nitrogens with one attached hydrogen (secondary N) is 1. The largest absolute Gasteiger partial charge is 0.467 e. The van der Waals surface area contributed by atoms with Crippen LogP contribution < -0.4 is 5.32 Å². The van der Waals surface area contributed by atoms with E-state index in [1.165, 1.54) is 26.2 Å². The minimum Gasteiger partial charge on any atom is -0.467 e. The van der Waals surface area contributed by atoms with Gasteiger partial charge in [-0.05, 0) is 26.8 Å². The standard InChI is InChI=1S/C13H17F2NO2/c1-8(2)16-13(3,12(17)18-4)9-6-5-7-10(14)11(9)15/h5-8,16H,1-4H3. The smallest absolute Gasteiger partial charge is 0.330 e. The Morgan fingerprint density at radius 3 is 2.50 bits per heavy atom. The second-order valence-electron chi connectivity index (χ2n) is 4.52. The molecular formula is C13H17F2NO2. The van der Waals surface area contributed by atoms with Crippen molar-refractivity contribution in [2.75, 3.05) is 7.11 Å². The summed E-state index contributed by atoms with van der Waals surface area (Å²) in [5.41, 5.74) is -1.49. The Morgan fingerprint density at radius 2 is 2.00 bits per heavy atom. The van der Waals surface area contributed by atoms with E-state index >= 15 is 0 Å². The SMILES string of the molecule is COC(=O)C(C)(NC(C)C)c1cccc(F)c1F. The Kier molecular flexibility index (Phi) is 4.40. The van der Waals surface area contributed by atoms with Gasteiger partial charge in [-0.2, -0.15) is 0 Å². The highest BCUT2D eigenvalue weighted by atomic mass is 19.2. The van der Waals surface area contributed by atoms with E-state index in [1.807, 2.05) is 0 Å². The number of benzene rings is 1. The molecule has 0 bridgehead atoms. The zero-order valence-corrected chi connectivity index (χ0v) is 10.9. The van der Waals surface area contributed by atoms with Crippen molar-refractivity contribution in [3.8, 4) is 0 Å². The zero-order valence-electron chi connectivity index (χ0n) is 10.9. The second-order valence-corrected chi connectivity index (χ2v) is 4.52. The van der Waals surface area contributed by atoms with E-state index in [2.05, 4.69) is 10.1 Å². The van der Waals surface area contributed by atoms with E-state index < -0.39 is 23.1 Å². The maximum Gasteiger partial charge on any atom is 0.330 e. The summed E-state index contributed by atoms with van der Waals surface area (Å²) in [4.78, 5) is 11.9. The third-order valence-corrected chi connectivity index (χ3v) is 2.66. The van der Waals surface area contributed by atoms with Crippen molar-refractivity contribution in [1.82, 2.24) is 5.32 Å². The number of methoxy groups -OCH3 is 1. The molecule has 0 aliphatic carbocycles. The van der Waals surface area contributed by atoms with Gasteiger partial charge in [-0.1, -0.05) is 12.1 Å². The summed E-state index contributed by atoms with van der Waals surface area (Å²) >= 11 is 0. The molecule has 0 radical (unpaired) electrons. The van der Waals surface area contributed by atoms with Crippen molar-refractivity contribution in [2.24, 2.45) is 0 Å². The van der Waals surface area contributed by atoms with Crippen LogP contribution in [0, 0.1) is 11.6 Å². The lowest BCUT2D eigenvalue weighted by molar-refractivity contribution is -0.148. The number of rotatable bonds is 4. The van der Waals surface area contributed by atoms with Crippen LogP contribution in [0.25, 0.3) is 0 Å². The van der Waals surface area contributed by atoms with Crippen LogP contribution in [0.2, 0.25) is 0 Å². The van der Waals surface area contributed by atoms with Crippen molar-refractivity contribution in [3.05, 3.63) is 35.4 Å². The second kappa shape index (κ2) is 5.44. The fourth-order valence-corrected chi connectivity index (χ4v) is 1.92. The van der Waals surface area contributed by atoms with Crippen LogP contribution in [0.5, 0.6) is 0 Å². The van der Waals surface area contributed by atoms with E-state index in [9.17, 15) is 13.6 Å². The van der Waals surface area contributed by atoms with Crippen molar-refractivity contribution >= 4 is 5.97 Å². The molecule has 3 nitrogen and oxygen atoms in total. The lowest BCUT2D eigenvalue weighted by atomic mass is 9.90. The molecule has 1 rings (SSSR count). The lowest BCUT2D eigenvalue weighted by Gasteiger charge is -2.30. The molecule has 18 heavy (non-hydrogen) atoms. The van der Waals surface area contributed by atoms with Crippen molar-refractivity contribution in [3.63, 3.8) is 0 Å². The summed E-state index contributed by atoms with van der Waals surface area (Å²) in [5, 5.41) is 2.91. The Bertz CT molecular complexity index is 449. The minimum atomic E-state index is -1.42. The van der Waals surface area contributed by atoms with Crippen LogP contribution in [-0.4, -0.2) is 19.1 Å². The topological polar surface area (TPSA) is 38.3 Å². The molecule has 0 aliphatic heterocycles. The van der Waals surface area contributed by atoms with Gasteiger partial charge < -0.3 is 4.74 Å². The van der Waals surface area contributed by atoms with Crippen molar-refractivity contribution < 1.29 is 18.3 Å². The molecule has 1 N–H and O–H groups in total. The number of carbonyl (C=O) groups excluding carboxylic acids is 1. The summed E-state index contributed by atoms with van der Waals surface area (Å²) in [6.07, 6.45) is 0. The highest BCUT2D eigenvalue weighted by Crippen LogP contribution is 2.27.